The van der Waals surface area contributed by atoms with Gasteiger partial charge in [0.05, 0.1) is 12.8 Å². The maximum absolute atomic E-state index is 12.8. The Balaban J connectivity index is 2.27. The van der Waals surface area contributed by atoms with Crippen LogP contribution in [0.15, 0.2) is 41.0 Å². The average molecular weight is 286 g/mol. The van der Waals surface area contributed by atoms with E-state index >= 15 is 0 Å². The van der Waals surface area contributed by atoms with Crippen molar-refractivity contribution in [3.63, 3.8) is 0 Å². The molecule has 4 heteroatoms. The van der Waals surface area contributed by atoms with Crippen molar-refractivity contribution in [1.29, 1.82) is 0 Å². The Kier molecular flexibility index (Phi) is 4.78. The molecule has 2 aromatic heterocycles. The van der Waals surface area contributed by atoms with Crippen LogP contribution in [0.3, 0.4) is 0 Å². The van der Waals surface area contributed by atoms with Gasteiger partial charge in [-0.05, 0) is 44.0 Å². The summed E-state index contributed by atoms with van der Waals surface area (Å²) in [6, 6.07) is 9.34. The number of amides is 1. The number of hydrogen-bond acceptors (Lipinski definition) is 3. The fourth-order valence-corrected chi connectivity index (χ4v) is 2.14. The van der Waals surface area contributed by atoms with Gasteiger partial charge in [-0.2, -0.15) is 0 Å². The molecule has 0 N–H and O–H groups in total. The van der Waals surface area contributed by atoms with E-state index in [-0.39, 0.29) is 11.9 Å². The number of carbonyl (C=O) groups excluding carboxylic acids is 1. The third kappa shape index (κ3) is 3.72. The van der Waals surface area contributed by atoms with Crippen LogP contribution in [0.1, 0.15) is 42.7 Å². The van der Waals surface area contributed by atoms with Crippen molar-refractivity contribution < 1.29 is 9.21 Å². The van der Waals surface area contributed by atoms with Gasteiger partial charge in [0.15, 0.2) is 0 Å². The molecule has 1 amide bonds. The highest BCUT2D eigenvalue weighted by molar-refractivity contribution is 5.92. The highest BCUT2D eigenvalue weighted by Gasteiger charge is 2.25. The van der Waals surface area contributed by atoms with E-state index in [4.69, 9.17) is 4.42 Å². The van der Waals surface area contributed by atoms with Gasteiger partial charge in [0.25, 0.3) is 5.91 Å². The van der Waals surface area contributed by atoms with Gasteiger partial charge in [0.2, 0.25) is 0 Å². The highest BCUT2D eigenvalue weighted by Crippen LogP contribution is 2.18. The van der Waals surface area contributed by atoms with Crippen molar-refractivity contribution in [3.05, 3.63) is 53.7 Å². The lowest BCUT2D eigenvalue weighted by Crippen LogP contribution is -2.41. The largest absolute Gasteiger partial charge is 0.467 e. The van der Waals surface area contributed by atoms with Crippen molar-refractivity contribution >= 4 is 5.91 Å². The van der Waals surface area contributed by atoms with Crippen LogP contribution in [0, 0.1) is 12.8 Å². The predicted octanol–water partition coefficient (Wildman–Crippen LogP) is 3.67. The number of hydrogen-bond donors (Lipinski definition) is 0. The van der Waals surface area contributed by atoms with E-state index in [2.05, 4.69) is 25.8 Å². The zero-order valence-electron chi connectivity index (χ0n) is 13.0. The number of furan rings is 1. The number of nitrogens with zero attached hydrogens (tertiary/aromatic N) is 2. The zero-order valence-corrected chi connectivity index (χ0v) is 13.0. The first-order chi connectivity index (χ1) is 9.99. The van der Waals surface area contributed by atoms with E-state index in [0.717, 1.165) is 11.5 Å². The molecule has 0 aliphatic rings. The number of aromatic nitrogens is 1. The van der Waals surface area contributed by atoms with Crippen LogP contribution < -0.4 is 0 Å². The van der Waals surface area contributed by atoms with E-state index < -0.39 is 0 Å². The van der Waals surface area contributed by atoms with Crippen molar-refractivity contribution in [2.75, 3.05) is 0 Å². The summed E-state index contributed by atoms with van der Waals surface area (Å²) in [5.41, 5.74) is 1.32. The normalized spacial score (nSPS) is 12.4. The molecule has 0 saturated heterocycles. The predicted molar refractivity (Wildman–Crippen MR) is 81.9 cm³/mol. The zero-order chi connectivity index (χ0) is 15.4. The SMILES string of the molecule is Cc1cccc(C(=O)N(Cc2ccco2)C(C)C(C)C)n1. The molecule has 4 nitrogen and oxygen atoms in total. The summed E-state index contributed by atoms with van der Waals surface area (Å²) in [6.07, 6.45) is 1.63. The van der Waals surface area contributed by atoms with E-state index in [9.17, 15) is 4.79 Å². The van der Waals surface area contributed by atoms with Gasteiger partial charge < -0.3 is 9.32 Å². The molecule has 0 spiro atoms. The Hall–Kier alpha value is -2.10. The van der Waals surface area contributed by atoms with E-state index in [1.165, 1.54) is 0 Å². The lowest BCUT2D eigenvalue weighted by Gasteiger charge is -2.31. The molecule has 0 bridgehead atoms. The van der Waals surface area contributed by atoms with E-state index in [0.29, 0.717) is 18.2 Å². The van der Waals surface area contributed by atoms with Crippen LogP contribution in [0.4, 0.5) is 0 Å². The van der Waals surface area contributed by atoms with Crippen molar-refractivity contribution in [1.82, 2.24) is 9.88 Å². The fourth-order valence-electron chi connectivity index (χ4n) is 2.14. The Bertz CT molecular complexity index is 591. The first-order valence-electron chi connectivity index (χ1n) is 7.26. The molecule has 0 fully saturated rings. The van der Waals surface area contributed by atoms with Gasteiger partial charge >= 0.3 is 0 Å². The highest BCUT2D eigenvalue weighted by atomic mass is 16.3. The molecule has 0 saturated carbocycles. The second-order valence-electron chi connectivity index (χ2n) is 5.66. The number of carbonyl (C=O) groups is 1. The standard InChI is InChI=1S/C17H22N2O2/c1-12(2)14(4)19(11-15-8-6-10-21-15)17(20)16-9-5-7-13(3)18-16/h5-10,12,14H,11H2,1-4H3. The minimum absolute atomic E-state index is 0.0590. The number of rotatable bonds is 5. The molecular weight excluding hydrogens is 264 g/mol. The summed E-state index contributed by atoms with van der Waals surface area (Å²) in [5, 5.41) is 0. The minimum atomic E-state index is -0.0590. The van der Waals surface area contributed by atoms with Crippen LogP contribution in [0.25, 0.3) is 0 Å². The van der Waals surface area contributed by atoms with Gasteiger partial charge in [-0.3, -0.25) is 4.79 Å². The smallest absolute Gasteiger partial charge is 0.273 e. The van der Waals surface area contributed by atoms with Gasteiger partial charge in [-0.25, -0.2) is 4.98 Å². The first kappa shape index (κ1) is 15.3. The summed E-state index contributed by atoms with van der Waals surface area (Å²) < 4.78 is 5.39. The molecule has 0 aliphatic heterocycles. The molecule has 112 valence electrons. The van der Waals surface area contributed by atoms with E-state index in [1.54, 1.807) is 12.3 Å². The number of aryl methyl sites for hydroxylation is 1. The molecule has 2 aromatic rings. The van der Waals surface area contributed by atoms with Crippen LogP contribution in [0.5, 0.6) is 0 Å². The molecule has 21 heavy (non-hydrogen) atoms. The summed E-state index contributed by atoms with van der Waals surface area (Å²) in [5.74, 6) is 1.08. The Morgan fingerprint density at radius 2 is 2.00 bits per heavy atom. The van der Waals surface area contributed by atoms with Gasteiger partial charge in [0, 0.05) is 11.7 Å². The third-order valence-electron chi connectivity index (χ3n) is 3.73. The van der Waals surface area contributed by atoms with Crippen molar-refractivity contribution in [2.24, 2.45) is 5.92 Å². The molecule has 0 aromatic carbocycles. The lowest BCUT2D eigenvalue weighted by atomic mass is 10.0. The summed E-state index contributed by atoms with van der Waals surface area (Å²) in [6.45, 7) is 8.62. The molecule has 2 rings (SSSR count). The number of pyridine rings is 1. The van der Waals surface area contributed by atoms with Gasteiger partial charge in [0.1, 0.15) is 11.5 Å². The summed E-state index contributed by atoms with van der Waals surface area (Å²) in [4.78, 5) is 19.0. The first-order valence-corrected chi connectivity index (χ1v) is 7.26. The molecule has 1 atom stereocenters. The Morgan fingerprint density at radius 1 is 1.24 bits per heavy atom. The summed E-state index contributed by atoms with van der Waals surface area (Å²) in [7, 11) is 0. The monoisotopic (exact) mass is 286 g/mol. The van der Waals surface area contributed by atoms with E-state index in [1.807, 2.05) is 36.1 Å². The molecule has 0 aliphatic carbocycles. The topological polar surface area (TPSA) is 46.3 Å². The second kappa shape index (κ2) is 6.57. The van der Waals surface area contributed by atoms with Crippen LogP contribution in [0.2, 0.25) is 0 Å². The molecule has 0 radical (unpaired) electrons. The molecule has 2 heterocycles. The van der Waals surface area contributed by atoms with Crippen LogP contribution in [-0.4, -0.2) is 21.8 Å². The Morgan fingerprint density at radius 3 is 2.57 bits per heavy atom. The quantitative estimate of drug-likeness (QED) is 0.842. The van der Waals surface area contributed by atoms with Crippen molar-refractivity contribution in [2.45, 2.75) is 40.3 Å². The fraction of sp³-hybridized carbons (Fsp3) is 0.412. The van der Waals surface area contributed by atoms with Gasteiger partial charge in [-0.15, -0.1) is 0 Å². The summed E-state index contributed by atoms with van der Waals surface area (Å²) >= 11 is 0. The molecule has 1 unspecified atom stereocenters. The van der Waals surface area contributed by atoms with Crippen molar-refractivity contribution in [3.8, 4) is 0 Å². The lowest BCUT2D eigenvalue weighted by molar-refractivity contribution is 0.0604. The van der Waals surface area contributed by atoms with Crippen LogP contribution in [-0.2, 0) is 6.54 Å². The maximum Gasteiger partial charge on any atom is 0.273 e. The maximum atomic E-state index is 12.8. The third-order valence-corrected chi connectivity index (χ3v) is 3.73. The second-order valence-corrected chi connectivity index (χ2v) is 5.66. The minimum Gasteiger partial charge on any atom is -0.467 e. The van der Waals surface area contributed by atoms with Crippen LogP contribution >= 0.6 is 0 Å². The molecular formula is C17H22N2O2. The van der Waals surface area contributed by atoms with Gasteiger partial charge in [-0.1, -0.05) is 19.9 Å². The Labute approximate surface area is 125 Å². The average Bonchev–Trinajstić information content (AvgIpc) is 2.96.